The summed E-state index contributed by atoms with van der Waals surface area (Å²) < 4.78 is 18.1. The minimum atomic E-state index is -0.286. The standard InChI is InChI=1S/C12H17FN2O/c1-14-12(9-4-6-16-7-5-9)11-3-2-10(13)8-15-11/h2-3,8-9,12,14H,4-7H2,1H3. The van der Waals surface area contributed by atoms with Gasteiger partial charge in [0, 0.05) is 13.2 Å². The van der Waals surface area contributed by atoms with E-state index in [0.717, 1.165) is 31.7 Å². The lowest BCUT2D eigenvalue weighted by Crippen LogP contribution is -2.30. The van der Waals surface area contributed by atoms with Gasteiger partial charge in [0.2, 0.25) is 0 Å². The van der Waals surface area contributed by atoms with Crippen molar-refractivity contribution in [1.82, 2.24) is 10.3 Å². The summed E-state index contributed by atoms with van der Waals surface area (Å²) in [5, 5.41) is 3.27. The first-order valence-corrected chi connectivity index (χ1v) is 5.67. The summed E-state index contributed by atoms with van der Waals surface area (Å²) in [5.74, 6) is 0.238. The van der Waals surface area contributed by atoms with E-state index in [1.54, 1.807) is 6.07 Å². The fraction of sp³-hybridized carbons (Fsp3) is 0.583. The molecule has 1 unspecified atom stereocenters. The van der Waals surface area contributed by atoms with Gasteiger partial charge in [-0.2, -0.15) is 0 Å². The second kappa shape index (κ2) is 5.37. The summed E-state index contributed by atoms with van der Waals surface area (Å²) in [6.45, 7) is 1.62. The van der Waals surface area contributed by atoms with Crippen molar-refractivity contribution in [3.8, 4) is 0 Å². The number of halogens is 1. The molecule has 1 saturated heterocycles. The van der Waals surface area contributed by atoms with Crippen molar-refractivity contribution in [2.75, 3.05) is 20.3 Å². The van der Waals surface area contributed by atoms with Crippen LogP contribution in [0.1, 0.15) is 24.6 Å². The van der Waals surface area contributed by atoms with E-state index in [0.29, 0.717) is 5.92 Å². The van der Waals surface area contributed by atoms with E-state index in [4.69, 9.17) is 4.74 Å². The largest absolute Gasteiger partial charge is 0.381 e. The van der Waals surface area contributed by atoms with Crippen molar-refractivity contribution < 1.29 is 9.13 Å². The molecule has 4 heteroatoms. The van der Waals surface area contributed by atoms with E-state index < -0.39 is 0 Å². The Morgan fingerprint density at radius 3 is 2.75 bits per heavy atom. The molecule has 1 aromatic heterocycles. The molecule has 1 fully saturated rings. The van der Waals surface area contributed by atoms with Gasteiger partial charge < -0.3 is 10.1 Å². The van der Waals surface area contributed by atoms with E-state index in [1.807, 2.05) is 7.05 Å². The Balaban J connectivity index is 2.11. The van der Waals surface area contributed by atoms with Crippen molar-refractivity contribution in [1.29, 1.82) is 0 Å². The van der Waals surface area contributed by atoms with Crippen molar-refractivity contribution in [3.63, 3.8) is 0 Å². The molecule has 2 heterocycles. The van der Waals surface area contributed by atoms with E-state index >= 15 is 0 Å². The van der Waals surface area contributed by atoms with Gasteiger partial charge in [-0.15, -0.1) is 0 Å². The van der Waals surface area contributed by atoms with Crippen LogP contribution in [0.15, 0.2) is 18.3 Å². The lowest BCUT2D eigenvalue weighted by Gasteiger charge is -2.29. The number of rotatable bonds is 3. The molecule has 0 aromatic carbocycles. The second-order valence-corrected chi connectivity index (χ2v) is 4.12. The van der Waals surface area contributed by atoms with Gasteiger partial charge in [0.25, 0.3) is 0 Å². The number of pyridine rings is 1. The Morgan fingerprint density at radius 2 is 2.19 bits per heavy atom. The summed E-state index contributed by atoms with van der Waals surface area (Å²) in [6.07, 6.45) is 3.34. The lowest BCUT2D eigenvalue weighted by molar-refractivity contribution is 0.0541. The molecule has 1 aliphatic rings. The van der Waals surface area contributed by atoms with E-state index in [1.165, 1.54) is 12.3 Å². The number of hydrogen-bond acceptors (Lipinski definition) is 3. The molecule has 88 valence electrons. The van der Waals surface area contributed by atoms with Crippen LogP contribution in [0.3, 0.4) is 0 Å². The van der Waals surface area contributed by atoms with Gasteiger partial charge in [-0.1, -0.05) is 0 Å². The highest BCUT2D eigenvalue weighted by Gasteiger charge is 2.24. The highest BCUT2D eigenvalue weighted by atomic mass is 19.1. The fourth-order valence-corrected chi connectivity index (χ4v) is 2.25. The SMILES string of the molecule is CNC(c1ccc(F)cn1)C1CCOCC1. The Morgan fingerprint density at radius 1 is 1.44 bits per heavy atom. The van der Waals surface area contributed by atoms with Crippen LogP contribution in [0.25, 0.3) is 0 Å². The van der Waals surface area contributed by atoms with Gasteiger partial charge in [-0.3, -0.25) is 4.98 Å². The highest BCUT2D eigenvalue weighted by molar-refractivity contribution is 5.11. The zero-order valence-corrected chi connectivity index (χ0v) is 9.45. The number of nitrogens with one attached hydrogen (secondary N) is 1. The van der Waals surface area contributed by atoms with E-state index in [-0.39, 0.29) is 11.9 Å². The second-order valence-electron chi connectivity index (χ2n) is 4.12. The predicted octanol–water partition coefficient (Wildman–Crippen LogP) is 1.91. The Bertz CT molecular complexity index is 322. The normalized spacial score (nSPS) is 19.6. The predicted molar refractivity (Wildman–Crippen MR) is 59.5 cm³/mol. The van der Waals surface area contributed by atoms with Gasteiger partial charge in [0.1, 0.15) is 5.82 Å². The van der Waals surface area contributed by atoms with Crippen LogP contribution in [0, 0.1) is 11.7 Å². The zero-order valence-electron chi connectivity index (χ0n) is 9.45. The zero-order chi connectivity index (χ0) is 11.4. The highest BCUT2D eigenvalue weighted by Crippen LogP contribution is 2.28. The minimum absolute atomic E-state index is 0.199. The molecule has 1 aliphatic heterocycles. The van der Waals surface area contributed by atoms with Gasteiger partial charge in [0.05, 0.1) is 17.9 Å². The maximum absolute atomic E-state index is 12.8. The van der Waals surface area contributed by atoms with Crippen LogP contribution in [0.2, 0.25) is 0 Å². The molecule has 2 rings (SSSR count). The van der Waals surface area contributed by atoms with E-state index in [2.05, 4.69) is 10.3 Å². The first-order chi connectivity index (χ1) is 7.81. The van der Waals surface area contributed by atoms with Crippen LogP contribution >= 0.6 is 0 Å². The molecular weight excluding hydrogens is 207 g/mol. The average Bonchev–Trinajstić information content (AvgIpc) is 2.34. The number of aromatic nitrogens is 1. The van der Waals surface area contributed by atoms with E-state index in [9.17, 15) is 4.39 Å². The molecule has 0 bridgehead atoms. The summed E-state index contributed by atoms with van der Waals surface area (Å²) in [4.78, 5) is 4.15. The Labute approximate surface area is 95.0 Å². The summed E-state index contributed by atoms with van der Waals surface area (Å²) in [7, 11) is 1.92. The third-order valence-electron chi connectivity index (χ3n) is 3.12. The monoisotopic (exact) mass is 224 g/mol. The number of nitrogens with zero attached hydrogens (tertiary/aromatic N) is 1. The molecule has 0 radical (unpaired) electrons. The smallest absolute Gasteiger partial charge is 0.141 e. The van der Waals surface area contributed by atoms with Crippen LogP contribution in [-0.4, -0.2) is 25.2 Å². The van der Waals surface area contributed by atoms with Gasteiger partial charge in [-0.25, -0.2) is 4.39 Å². The van der Waals surface area contributed by atoms with Gasteiger partial charge in [-0.05, 0) is 37.9 Å². The van der Waals surface area contributed by atoms with Gasteiger partial charge in [0.15, 0.2) is 0 Å². The maximum atomic E-state index is 12.8. The third-order valence-corrected chi connectivity index (χ3v) is 3.12. The van der Waals surface area contributed by atoms with Crippen molar-refractivity contribution in [2.45, 2.75) is 18.9 Å². The fourth-order valence-electron chi connectivity index (χ4n) is 2.25. The minimum Gasteiger partial charge on any atom is -0.381 e. The number of hydrogen-bond donors (Lipinski definition) is 1. The molecule has 0 saturated carbocycles. The van der Waals surface area contributed by atoms with Crippen LogP contribution < -0.4 is 5.32 Å². The molecule has 0 spiro atoms. The average molecular weight is 224 g/mol. The summed E-state index contributed by atoms with van der Waals surface area (Å²) in [6, 6.07) is 3.42. The molecule has 3 nitrogen and oxygen atoms in total. The molecule has 1 atom stereocenters. The maximum Gasteiger partial charge on any atom is 0.141 e. The first-order valence-electron chi connectivity index (χ1n) is 5.67. The quantitative estimate of drug-likeness (QED) is 0.851. The first kappa shape index (κ1) is 11.5. The Kier molecular flexibility index (Phi) is 3.85. The van der Waals surface area contributed by atoms with Crippen LogP contribution in [-0.2, 0) is 4.74 Å². The van der Waals surface area contributed by atoms with Crippen molar-refractivity contribution in [2.24, 2.45) is 5.92 Å². The topological polar surface area (TPSA) is 34.2 Å². The third kappa shape index (κ3) is 2.57. The molecular formula is C12H17FN2O. The van der Waals surface area contributed by atoms with Crippen molar-refractivity contribution in [3.05, 3.63) is 29.8 Å². The van der Waals surface area contributed by atoms with Crippen LogP contribution in [0.4, 0.5) is 4.39 Å². The Hall–Kier alpha value is -1.00. The molecule has 0 aliphatic carbocycles. The van der Waals surface area contributed by atoms with Gasteiger partial charge >= 0.3 is 0 Å². The van der Waals surface area contributed by atoms with Crippen LogP contribution in [0.5, 0.6) is 0 Å². The molecule has 0 amide bonds. The molecule has 16 heavy (non-hydrogen) atoms. The number of ether oxygens (including phenoxy) is 1. The lowest BCUT2D eigenvalue weighted by atomic mass is 9.89. The molecule has 1 aromatic rings. The summed E-state index contributed by atoms with van der Waals surface area (Å²) in [5.41, 5.74) is 0.913. The summed E-state index contributed by atoms with van der Waals surface area (Å²) >= 11 is 0. The van der Waals surface area contributed by atoms with Crippen molar-refractivity contribution >= 4 is 0 Å². The molecule has 1 N–H and O–H groups in total.